The maximum absolute atomic E-state index is 3.66. The minimum Gasteiger partial charge on any atom is -0.315 e. The third-order valence-corrected chi connectivity index (χ3v) is 4.63. The summed E-state index contributed by atoms with van der Waals surface area (Å²) >= 11 is 0. The third kappa shape index (κ3) is 6.19. The van der Waals surface area contributed by atoms with Crippen LogP contribution in [0, 0.1) is 11.8 Å². The van der Waals surface area contributed by atoms with Gasteiger partial charge in [-0.3, -0.25) is 0 Å². The molecule has 1 aliphatic carbocycles. The molecule has 0 amide bonds. The van der Waals surface area contributed by atoms with Gasteiger partial charge < -0.3 is 10.2 Å². The van der Waals surface area contributed by atoms with Crippen molar-refractivity contribution in [2.24, 2.45) is 11.8 Å². The van der Waals surface area contributed by atoms with Crippen LogP contribution in [0.2, 0.25) is 0 Å². The van der Waals surface area contributed by atoms with Gasteiger partial charge in [-0.2, -0.15) is 0 Å². The van der Waals surface area contributed by atoms with Crippen molar-refractivity contribution >= 4 is 0 Å². The summed E-state index contributed by atoms with van der Waals surface area (Å²) in [6.45, 7) is 13.1. The van der Waals surface area contributed by atoms with E-state index in [1.807, 2.05) is 0 Å². The van der Waals surface area contributed by atoms with E-state index in [2.05, 4.69) is 31.0 Å². The average molecular weight is 254 g/mol. The van der Waals surface area contributed by atoms with Gasteiger partial charge in [-0.05, 0) is 37.8 Å². The Labute approximate surface area is 115 Å². The topological polar surface area (TPSA) is 15.3 Å². The summed E-state index contributed by atoms with van der Waals surface area (Å²) < 4.78 is 0. The molecule has 0 bridgehead atoms. The minimum absolute atomic E-state index is 0.889. The number of likely N-dealkylation sites (N-methyl/N-ethyl adjacent to an activating group) is 1. The van der Waals surface area contributed by atoms with E-state index in [1.165, 1.54) is 71.2 Å². The number of hydrogen-bond acceptors (Lipinski definition) is 2. The van der Waals surface area contributed by atoms with Crippen LogP contribution >= 0.6 is 0 Å². The lowest BCUT2D eigenvalue weighted by molar-refractivity contribution is 0.232. The molecule has 0 aromatic carbocycles. The summed E-state index contributed by atoms with van der Waals surface area (Å²) in [5.41, 5.74) is 0. The van der Waals surface area contributed by atoms with E-state index in [9.17, 15) is 0 Å². The predicted molar refractivity (Wildman–Crippen MR) is 81.0 cm³/mol. The van der Waals surface area contributed by atoms with Crippen molar-refractivity contribution in [2.45, 2.75) is 59.3 Å². The van der Waals surface area contributed by atoms with Crippen LogP contribution < -0.4 is 5.32 Å². The molecule has 1 aliphatic rings. The normalized spacial score (nSPS) is 17.2. The zero-order valence-corrected chi connectivity index (χ0v) is 12.9. The van der Waals surface area contributed by atoms with Crippen molar-refractivity contribution in [1.82, 2.24) is 10.2 Å². The second-order valence-corrected chi connectivity index (χ2v) is 5.93. The molecule has 18 heavy (non-hydrogen) atoms. The molecule has 0 heterocycles. The Morgan fingerprint density at radius 2 is 1.78 bits per heavy atom. The van der Waals surface area contributed by atoms with Gasteiger partial charge in [0.25, 0.3) is 0 Å². The lowest BCUT2D eigenvalue weighted by Gasteiger charge is -2.25. The molecular formula is C16H34N2. The highest BCUT2D eigenvalue weighted by Gasteiger charge is 2.14. The van der Waals surface area contributed by atoms with Gasteiger partial charge in [0, 0.05) is 19.6 Å². The van der Waals surface area contributed by atoms with E-state index in [0.717, 1.165) is 11.8 Å². The fourth-order valence-corrected chi connectivity index (χ4v) is 3.05. The van der Waals surface area contributed by atoms with Crippen molar-refractivity contribution in [3.63, 3.8) is 0 Å². The monoisotopic (exact) mass is 254 g/mol. The Kier molecular flexibility index (Phi) is 8.70. The van der Waals surface area contributed by atoms with Gasteiger partial charge >= 0.3 is 0 Å². The number of hydrogen-bond donors (Lipinski definition) is 1. The van der Waals surface area contributed by atoms with Crippen LogP contribution in [0.4, 0.5) is 0 Å². The largest absolute Gasteiger partial charge is 0.315 e. The molecule has 1 saturated carbocycles. The third-order valence-electron chi connectivity index (χ3n) is 4.63. The Hall–Kier alpha value is -0.0800. The van der Waals surface area contributed by atoms with Crippen LogP contribution in [0.15, 0.2) is 0 Å². The van der Waals surface area contributed by atoms with E-state index >= 15 is 0 Å². The molecule has 0 aliphatic heterocycles. The van der Waals surface area contributed by atoms with Gasteiger partial charge in [0.15, 0.2) is 0 Å². The zero-order chi connectivity index (χ0) is 13.2. The van der Waals surface area contributed by atoms with Gasteiger partial charge in [-0.1, -0.05) is 46.5 Å². The summed E-state index contributed by atoms with van der Waals surface area (Å²) in [5.74, 6) is 1.86. The summed E-state index contributed by atoms with van der Waals surface area (Å²) in [6.07, 6.45) is 8.48. The molecule has 0 unspecified atom stereocenters. The molecule has 1 N–H and O–H groups in total. The highest BCUT2D eigenvalue weighted by molar-refractivity contribution is 4.70. The molecule has 0 aromatic heterocycles. The first-order valence-corrected chi connectivity index (χ1v) is 8.23. The van der Waals surface area contributed by atoms with Gasteiger partial charge in [0.2, 0.25) is 0 Å². The molecule has 0 spiro atoms. The van der Waals surface area contributed by atoms with E-state index in [-0.39, 0.29) is 0 Å². The molecule has 108 valence electrons. The Bertz CT molecular complexity index is 184. The first-order chi connectivity index (χ1) is 8.80. The van der Waals surface area contributed by atoms with Crippen LogP contribution in [-0.4, -0.2) is 37.6 Å². The van der Waals surface area contributed by atoms with Crippen molar-refractivity contribution in [1.29, 1.82) is 0 Å². The van der Waals surface area contributed by atoms with Crippen molar-refractivity contribution < 1.29 is 0 Å². The molecule has 2 heteroatoms. The van der Waals surface area contributed by atoms with Gasteiger partial charge in [0.05, 0.1) is 0 Å². The molecule has 2 nitrogen and oxygen atoms in total. The van der Waals surface area contributed by atoms with Crippen molar-refractivity contribution in [2.75, 3.05) is 32.7 Å². The standard InChI is InChI=1S/C16H34N2/c1-4-15(5-2)14-18(6-3)12-11-17-13-16-9-7-8-10-16/h15-17H,4-14H2,1-3H3. The molecule has 0 radical (unpaired) electrons. The molecule has 0 saturated heterocycles. The SMILES string of the molecule is CCC(CC)CN(CC)CCNCC1CCCC1. The lowest BCUT2D eigenvalue weighted by atomic mass is 10.0. The Morgan fingerprint density at radius 3 is 2.33 bits per heavy atom. The fourth-order valence-electron chi connectivity index (χ4n) is 3.05. The first kappa shape index (κ1) is 16.0. The maximum Gasteiger partial charge on any atom is 0.0107 e. The first-order valence-electron chi connectivity index (χ1n) is 8.23. The second-order valence-electron chi connectivity index (χ2n) is 5.93. The molecule has 0 aromatic rings. The van der Waals surface area contributed by atoms with Gasteiger partial charge in [-0.25, -0.2) is 0 Å². The molecule has 0 atom stereocenters. The van der Waals surface area contributed by atoms with Crippen LogP contribution in [0.3, 0.4) is 0 Å². The zero-order valence-electron chi connectivity index (χ0n) is 12.9. The quantitative estimate of drug-likeness (QED) is 0.600. The smallest absolute Gasteiger partial charge is 0.0107 e. The summed E-state index contributed by atoms with van der Waals surface area (Å²) in [4.78, 5) is 2.61. The molecular weight excluding hydrogens is 220 g/mol. The molecule has 1 fully saturated rings. The Morgan fingerprint density at radius 1 is 1.11 bits per heavy atom. The van der Waals surface area contributed by atoms with Crippen LogP contribution in [0.1, 0.15) is 59.3 Å². The van der Waals surface area contributed by atoms with Crippen LogP contribution in [0.5, 0.6) is 0 Å². The number of nitrogens with zero attached hydrogens (tertiary/aromatic N) is 1. The summed E-state index contributed by atoms with van der Waals surface area (Å²) in [7, 11) is 0. The van der Waals surface area contributed by atoms with E-state index < -0.39 is 0 Å². The maximum atomic E-state index is 3.66. The summed E-state index contributed by atoms with van der Waals surface area (Å²) in [6, 6.07) is 0. The number of rotatable bonds is 10. The second kappa shape index (κ2) is 9.80. The summed E-state index contributed by atoms with van der Waals surface area (Å²) in [5, 5.41) is 3.66. The van der Waals surface area contributed by atoms with E-state index in [0.29, 0.717) is 0 Å². The molecule has 1 rings (SSSR count). The minimum atomic E-state index is 0.889. The van der Waals surface area contributed by atoms with Gasteiger partial charge in [0.1, 0.15) is 0 Å². The van der Waals surface area contributed by atoms with Gasteiger partial charge in [-0.15, -0.1) is 0 Å². The predicted octanol–water partition coefficient (Wildman–Crippen LogP) is 3.52. The lowest BCUT2D eigenvalue weighted by Crippen LogP contribution is -2.36. The highest BCUT2D eigenvalue weighted by atomic mass is 15.1. The fraction of sp³-hybridized carbons (Fsp3) is 1.00. The average Bonchev–Trinajstić information content (AvgIpc) is 2.91. The number of nitrogens with one attached hydrogen (secondary N) is 1. The van der Waals surface area contributed by atoms with Crippen LogP contribution in [0.25, 0.3) is 0 Å². The van der Waals surface area contributed by atoms with E-state index in [4.69, 9.17) is 0 Å². The van der Waals surface area contributed by atoms with E-state index in [1.54, 1.807) is 0 Å². The highest BCUT2D eigenvalue weighted by Crippen LogP contribution is 2.23. The van der Waals surface area contributed by atoms with Crippen molar-refractivity contribution in [3.8, 4) is 0 Å². The Balaban J connectivity index is 2.06. The van der Waals surface area contributed by atoms with Crippen LogP contribution in [-0.2, 0) is 0 Å². The van der Waals surface area contributed by atoms with Crippen molar-refractivity contribution in [3.05, 3.63) is 0 Å².